The van der Waals surface area contributed by atoms with Crippen LogP contribution in [0.5, 0.6) is 5.75 Å². The number of carbonyl (C=O) groups is 1. The van der Waals surface area contributed by atoms with Gasteiger partial charge in [-0.05, 0) is 49.8 Å². The number of hydrogen-bond acceptors (Lipinski definition) is 3. The molecule has 1 aromatic carbocycles. The van der Waals surface area contributed by atoms with Gasteiger partial charge in [0.1, 0.15) is 12.4 Å². The van der Waals surface area contributed by atoms with Crippen molar-refractivity contribution in [1.29, 1.82) is 0 Å². The van der Waals surface area contributed by atoms with Gasteiger partial charge < -0.3 is 4.74 Å². The molecule has 118 valence electrons. The Labute approximate surface area is 140 Å². The quantitative estimate of drug-likeness (QED) is 0.619. The fourth-order valence-corrected chi connectivity index (χ4v) is 2.47. The molecule has 0 atom stereocenters. The molecule has 5 heteroatoms. The molecule has 0 unspecified atom stereocenters. The second kappa shape index (κ2) is 6.42. The fourth-order valence-electron chi connectivity index (χ4n) is 2.29. The summed E-state index contributed by atoms with van der Waals surface area (Å²) in [5.74, 6) is 0.728. The van der Waals surface area contributed by atoms with Gasteiger partial charge in [0.2, 0.25) is 0 Å². The van der Waals surface area contributed by atoms with Gasteiger partial charge in [0.15, 0.2) is 5.78 Å². The Kier molecular flexibility index (Phi) is 4.35. The summed E-state index contributed by atoms with van der Waals surface area (Å²) in [4.78, 5) is 12.2. The maximum absolute atomic E-state index is 12.2. The largest absolute Gasteiger partial charge is 0.488 e. The van der Waals surface area contributed by atoms with E-state index in [1.807, 2.05) is 32.1 Å². The first kappa shape index (κ1) is 15.6. The molecule has 0 radical (unpaired) electrons. The molecule has 0 N–H and O–H groups in total. The molecule has 0 fully saturated rings. The number of aromatic nitrogens is 2. The van der Waals surface area contributed by atoms with E-state index in [1.54, 1.807) is 35.3 Å². The van der Waals surface area contributed by atoms with Gasteiger partial charge >= 0.3 is 0 Å². The highest BCUT2D eigenvalue weighted by Crippen LogP contribution is 2.29. The molecule has 0 amide bonds. The molecule has 0 spiro atoms. The molecular formula is C18H17ClN2O2. The van der Waals surface area contributed by atoms with Crippen LogP contribution in [-0.4, -0.2) is 22.2 Å². The summed E-state index contributed by atoms with van der Waals surface area (Å²) in [6.07, 6.45) is 8.66. The topological polar surface area (TPSA) is 44.1 Å². The molecule has 4 nitrogen and oxygen atoms in total. The standard InChI is InChI=1S/C18H17ClN2O2/c1-12(2)21-10-15(9-20-21)17(22)5-3-13-7-14-8-16(19)4-6-18(14)23-11-13/h3-10,12H,11H2,1-2H3/b5-3+. The van der Waals surface area contributed by atoms with E-state index in [-0.39, 0.29) is 11.8 Å². The van der Waals surface area contributed by atoms with Gasteiger partial charge in [-0.2, -0.15) is 5.10 Å². The van der Waals surface area contributed by atoms with Crippen LogP contribution in [0.15, 0.2) is 48.3 Å². The maximum atomic E-state index is 12.2. The van der Waals surface area contributed by atoms with Gasteiger partial charge in [-0.15, -0.1) is 0 Å². The van der Waals surface area contributed by atoms with Gasteiger partial charge in [0, 0.05) is 22.8 Å². The lowest BCUT2D eigenvalue weighted by Crippen LogP contribution is -2.06. The number of ether oxygens (including phenoxy) is 1. The second-order valence-electron chi connectivity index (χ2n) is 5.69. The third kappa shape index (κ3) is 3.54. The van der Waals surface area contributed by atoms with E-state index in [2.05, 4.69) is 5.10 Å². The summed E-state index contributed by atoms with van der Waals surface area (Å²) >= 11 is 5.99. The van der Waals surface area contributed by atoms with Crippen molar-refractivity contribution in [3.63, 3.8) is 0 Å². The van der Waals surface area contributed by atoms with Gasteiger partial charge in [-0.1, -0.05) is 17.7 Å². The zero-order valence-corrected chi connectivity index (χ0v) is 13.7. The van der Waals surface area contributed by atoms with Crippen LogP contribution in [-0.2, 0) is 0 Å². The summed E-state index contributed by atoms with van der Waals surface area (Å²) in [6.45, 7) is 4.47. The zero-order valence-electron chi connectivity index (χ0n) is 13.0. The van der Waals surface area contributed by atoms with E-state index in [4.69, 9.17) is 16.3 Å². The number of halogens is 1. The van der Waals surface area contributed by atoms with Crippen LogP contribution in [0.2, 0.25) is 5.02 Å². The lowest BCUT2D eigenvalue weighted by molar-refractivity contribution is 0.104. The van der Waals surface area contributed by atoms with Crippen molar-refractivity contribution < 1.29 is 9.53 Å². The number of rotatable bonds is 4. The monoisotopic (exact) mass is 328 g/mol. The molecular weight excluding hydrogens is 312 g/mol. The highest BCUT2D eigenvalue weighted by atomic mass is 35.5. The summed E-state index contributed by atoms with van der Waals surface area (Å²) in [5, 5.41) is 4.84. The van der Waals surface area contributed by atoms with Crippen molar-refractivity contribution >= 4 is 23.5 Å². The zero-order chi connectivity index (χ0) is 16.4. The Morgan fingerprint density at radius 1 is 1.43 bits per heavy atom. The van der Waals surface area contributed by atoms with Crippen molar-refractivity contribution in [2.45, 2.75) is 19.9 Å². The van der Waals surface area contributed by atoms with Crippen LogP contribution in [0, 0.1) is 0 Å². The summed E-state index contributed by atoms with van der Waals surface area (Å²) in [7, 11) is 0. The predicted molar refractivity (Wildman–Crippen MR) is 91.0 cm³/mol. The Balaban J connectivity index is 1.76. The molecule has 2 aromatic rings. The predicted octanol–water partition coefficient (Wildman–Crippen LogP) is 4.33. The maximum Gasteiger partial charge on any atom is 0.189 e. The normalized spacial score (nSPS) is 13.8. The summed E-state index contributed by atoms with van der Waals surface area (Å²) < 4.78 is 7.42. The van der Waals surface area contributed by atoms with Crippen LogP contribution in [0.25, 0.3) is 6.08 Å². The van der Waals surface area contributed by atoms with Gasteiger partial charge in [0.25, 0.3) is 0 Å². The fraction of sp³-hybridized carbons (Fsp3) is 0.222. The molecule has 0 saturated heterocycles. The minimum Gasteiger partial charge on any atom is -0.488 e. The summed E-state index contributed by atoms with van der Waals surface area (Å²) in [5.41, 5.74) is 2.42. The molecule has 1 aliphatic heterocycles. The Morgan fingerprint density at radius 3 is 3.00 bits per heavy atom. The minimum atomic E-state index is -0.0744. The molecule has 3 rings (SSSR count). The summed E-state index contributed by atoms with van der Waals surface area (Å²) in [6, 6.07) is 5.72. The van der Waals surface area contributed by atoms with Crippen molar-refractivity contribution in [2.75, 3.05) is 6.61 Å². The first-order valence-electron chi connectivity index (χ1n) is 7.42. The molecule has 2 heterocycles. The van der Waals surface area contributed by atoms with E-state index in [9.17, 15) is 4.79 Å². The number of carbonyl (C=O) groups excluding carboxylic acids is 1. The lowest BCUT2D eigenvalue weighted by atomic mass is 10.1. The molecule has 0 aliphatic carbocycles. The van der Waals surface area contributed by atoms with Crippen LogP contribution < -0.4 is 4.74 Å². The average molecular weight is 329 g/mol. The smallest absolute Gasteiger partial charge is 0.189 e. The Hall–Kier alpha value is -2.33. The number of ketones is 1. The Morgan fingerprint density at radius 2 is 2.26 bits per heavy atom. The number of benzene rings is 1. The number of fused-ring (bicyclic) bond motifs is 1. The highest BCUT2D eigenvalue weighted by Gasteiger charge is 2.11. The van der Waals surface area contributed by atoms with Crippen molar-refractivity contribution in [2.24, 2.45) is 0 Å². The van der Waals surface area contributed by atoms with Crippen molar-refractivity contribution in [3.8, 4) is 5.75 Å². The number of hydrogen-bond donors (Lipinski definition) is 0. The second-order valence-corrected chi connectivity index (χ2v) is 6.13. The van der Waals surface area contributed by atoms with Crippen LogP contribution >= 0.6 is 11.6 Å². The van der Waals surface area contributed by atoms with Crippen LogP contribution in [0.1, 0.15) is 35.8 Å². The van der Waals surface area contributed by atoms with Crippen molar-refractivity contribution in [1.82, 2.24) is 9.78 Å². The SMILES string of the molecule is CC(C)n1cc(C(=O)/C=C/C2=Cc3cc(Cl)ccc3OC2)cn1. The van der Waals surface area contributed by atoms with E-state index in [1.165, 1.54) is 0 Å². The highest BCUT2D eigenvalue weighted by molar-refractivity contribution is 6.30. The molecule has 0 saturated carbocycles. The third-order valence-electron chi connectivity index (χ3n) is 3.57. The van der Waals surface area contributed by atoms with E-state index in [0.717, 1.165) is 16.9 Å². The molecule has 1 aromatic heterocycles. The van der Waals surface area contributed by atoms with Gasteiger partial charge in [-0.25, -0.2) is 0 Å². The van der Waals surface area contributed by atoms with E-state index < -0.39 is 0 Å². The number of allylic oxidation sites excluding steroid dienone is 1. The molecule has 0 bridgehead atoms. The average Bonchev–Trinajstić information content (AvgIpc) is 3.02. The first-order chi connectivity index (χ1) is 11.0. The van der Waals surface area contributed by atoms with Gasteiger partial charge in [-0.3, -0.25) is 9.48 Å². The van der Waals surface area contributed by atoms with Crippen molar-refractivity contribution in [3.05, 3.63) is 64.5 Å². The lowest BCUT2D eigenvalue weighted by Gasteiger charge is -2.16. The minimum absolute atomic E-state index is 0.0744. The van der Waals surface area contributed by atoms with E-state index in [0.29, 0.717) is 17.2 Å². The molecule has 23 heavy (non-hydrogen) atoms. The van der Waals surface area contributed by atoms with Crippen LogP contribution in [0.3, 0.4) is 0 Å². The number of nitrogens with zero attached hydrogens (tertiary/aromatic N) is 2. The van der Waals surface area contributed by atoms with Gasteiger partial charge in [0.05, 0.1) is 11.8 Å². The molecule has 1 aliphatic rings. The third-order valence-corrected chi connectivity index (χ3v) is 3.81. The first-order valence-corrected chi connectivity index (χ1v) is 7.80. The van der Waals surface area contributed by atoms with E-state index >= 15 is 0 Å². The van der Waals surface area contributed by atoms with Crippen LogP contribution in [0.4, 0.5) is 0 Å². The Bertz CT molecular complexity index is 803.